The smallest absolute Gasteiger partial charge is 0.282 e. The summed E-state index contributed by atoms with van der Waals surface area (Å²) in [5.74, 6) is 1.14. The summed E-state index contributed by atoms with van der Waals surface area (Å²) in [6.07, 6.45) is 2.45. The van der Waals surface area contributed by atoms with Gasteiger partial charge in [0.2, 0.25) is 0 Å². The summed E-state index contributed by atoms with van der Waals surface area (Å²) in [6.45, 7) is 4.93. The maximum Gasteiger partial charge on any atom is 0.282 e. The van der Waals surface area contributed by atoms with Gasteiger partial charge in [-0.15, -0.1) is 5.10 Å². The molecule has 1 amide bonds. The summed E-state index contributed by atoms with van der Waals surface area (Å²) in [6, 6.07) is 17.7. The van der Waals surface area contributed by atoms with Crippen molar-refractivity contribution in [1.29, 1.82) is 0 Å². The fraction of sp³-hybridized carbons (Fsp3) is 0.273. The Hall–Kier alpha value is -2.93. The number of hydrogen-bond acceptors (Lipinski definition) is 5. The molecule has 2 heterocycles. The van der Waals surface area contributed by atoms with Crippen LogP contribution in [0.25, 0.3) is 5.69 Å². The number of amidine groups is 1. The molecule has 0 bridgehead atoms. The highest BCUT2D eigenvalue weighted by Gasteiger charge is 2.27. The van der Waals surface area contributed by atoms with Gasteiger partial charge in [-0.25, -0.2) is 4.99 Å². The highest BCUT2D eigenvalue weighted by Crippen LogP contribution is 2.29. The van der Waals surface area contributed by atoms with Crippen molar-refractivity contribution in [3.8, 4) is 5.69 Å². The third-order valence-electron chi connectivity index (χ3n) is 4.71. The van der Waals surface area contributed by atoms with Crippen molar-refractivity contribution >= 4 is 28.5 Å². The van der Waals surface area contributed by atoms with Crippen LogP contribution in [0, 0.1) is 0 Å². The van der Waals surface area contributed by atoms with Crippen LogP contribution in [0.5, 0.6) is 0 Å². The monoisotopic (exact) mass is 405 g/mol. The molecule has 3 aromatic rings. The molecular formula is C22H23N5OS. The number of rotatable bonds is 4. The van der Waals surface area contributed by atoms with Crippen LogP contribution < -0.4 is 0 Å². The molecule has 1 saturated heterocycles. The van der Waals surface area contributed by atoms with Gasteiger partial charge in [0.05, 0.1) is 17.6 Å². The van der Waals surface area contributed by atoms with Crippen LogP contribution in [0.2, 0.25) is 0 Å². The molecule has 1 fully saturated rings. The molecular weight excluding hydrogens is 382 g/mol. The molecule has 6 nitrogen and oxygen atoms in total. The van der Waals surface area contributed by atoms with E-state index in [9.17, 15) is 4.79 Å². The summed E-state index contributed by atoms with van der Waals surface area (Å²) in [5.41, 5.74) is 3.23. The lowest BCUT2D eigenvalue weighted by Gasteiger charge is -2.27. The zero-order valence-corrected chi connectivity index (χ0v) is 17.3. The van der Waals surface area contributed by atoms with Crippen LogP contribution in [-0.4, -0.2) is 43.3 Å². The molecule has 1 aliphatic heterocycles. The van der Waals surface area contributed by atoms with E-state index >= 15 is 0 Å². The zero-order valence-electron chi connectivity index (χ0n) is 16.5. The van der Waals surface area contributed by atoms with E-state index < -0.39 is 0 Å². The van der Waals surface area contributed by atoms with Crippen molar-refractivity contribution in [2.45, 2.75) is 26.2 Å². The largest absolute Gasteiger partial charge is 0.286 e. The third-order valence-corrected chi connectivity index (χ3v) is 5.77. The number of aliphatic imine (C=N–C) groups is 1. The van der Waals surface area contributed by atoms with E-state index in [4.69, 9.17) is 4.99 Å². The zero-order chi connectivity index (χ0) is 20.2. The molecule has 0 N–H and O–H groups in total. The Labute approximate surface area is 174 Å². The van der Waals surface area contributed by atoms with Gasteiger partial charge in [0, 0.05) is 12.3 Å². The second-order valence-electron chi connectivity index (χ2n) is 7.12. The Balaban J connectivity index is 1.63. The number of thioether (sulfide) groups is 1. The summed E-state index contributed by atoms with van der Waals surface area (Å²) in [5, 5.41) is 9.38. The Bertz CT molecular complexity index is 1030. The van der Waals surface area contributed by atoms with Crippen LogP contribution in [0.4, 0.5) is 5.69 Å². The molecule has 0 radical (unpaired) electrons. The highest BCUT2D eigenvalue weighted by atomic mass is 32.2. The predicted molar refractivity (Wildman–Crippen MR) is 117 cm³/mol. The van der Waals surface area contributed by atoms with Crippen LogP contribution in [0.3, 0.4) is 0 Å². The molecule has 7 heteroatoms. The van der Waals surface area contributed by atoms with Gasteiger partial charge in [0.1, 0.15) is 0 Å². The SMILES string of the molecule is CC(C)c1ccccc1N=C1SCCCN1C(=O)c1cnn(-c2ccccc2)n1. The number of para-hydroxylation sites is 2. The number of hydrogen-bond donors (Lipinski definition) is 0. The fourth-order valence-corrected chi connectivity index (χ4v) is 4.16. The van der Waals surface area contributed by atoms with Gasteiger partial charge in [-0.1, -0.05) is 62.0 Å². The minimum atomic E-state index is -0.167. The Morgan fingerprint density at radius 1 is 1.10 bits per heavy atom. The number of carbonyl (C=O) groups excluding carboxylic acids is 1. The van der Waals surface area contributed by atoms with Crippen LogP contribution in [0.1, 0.15) is 42.2 Å². The van der Waals surface area contributed by atoms with Crippen molar-refractivity contribution in [2.24, 2.45) is 4.99 Å². The number of nitrogens with zero attached hydrogens (tertiary/aromatic N) is 5. The minimum absolute atomic E-state index is 0.167. The average molecular weight is 406 g/mol. The van der Waals surface area contributed by atoms with Crippen molar-refractivity contribution in [3.05, 3.63) is 72.1 Å². The Kier molecular flexibility index (Phi) is 5.76. The standard InChI is InChI=1S/C22H23N5OS/c1-16(2)18-11-6-7-12-19(18)24-22-26(13-8-14-29-22)21(28)20-15-23-27(25-20)17-9-4-3-5-10-17/h3-7,9-12,15-16H,8,13-14H2,1-2H3. The van der Waals surface area contributed by atoms with Crippen LogP contribution >= 0.6 is 11.8 Å². The predicted octanol–water partition coefficient (Wildman–Crippen LogP) is 4.66. The van der Waals surface area contributed by atoms with E-state index in [1.165, 1.54) is 16.6 Å². The fourth-order valence-electron chi connectivity index (χ4n) is 3.21. The molecule has 0 unspecified atom stereocenters. The first kappa shape index (κ1) is 19.4. The normalized spacial score (nSPS) is 15.8. The molecule has 29 heavy (non-hydrogen) atoms. The summed E-state index contributed by atoms with van der Waals surface area (Å²) < 4.78 is 0. The lowest BCUT2D eigenvalue weighted by molar-refractivity contribution is 0.0843. The topological polar surface area (TPSA) is 63.4 Å². The number of aromatic nitrogens is 3. The van der Waals surface area contributed by atoms with E-state index in [0.717, 1.165) is 28.7 Å². The first-order valence-electron chi connectivity index (χ1n) is 9.73. The first-order chi connectivity index (χ1) is 14.1. The Morgan fingerprint density at radius 3 is 2.66 bits per heavy atom. The van der Waals surface area contributed by atoms with Crippen molar-refractivity contribution in [3.63, 3.8) is 0 Å². The number of amides is 1. The highest BCUT2D eigenvalue weighted by molar-refractivity contribution is 8.13. The molecule has 1 aliphatic rings. The van der Waals surface area contributed by atoms with Crippen LogP contribution in [-0.2, 0) is 0 Å². The third kappa shape index (κ3) is 4.24. The molecule has 148 valence electrons. The maximum absolute atomic E-state index is 13.2. The summed E-state index contributed by atoms with van der Waals surface area (Å²) in [7, 11) is 0. The van der Waals surface area contributed by atoms with Gasteiger partial charge < -0.3 is 0 Å². The second kappa shape index (κ2) is 8.61. The lowest BCUT2D eigenvalue weighted by Crippen LogP contribution is -2.39. The summed E-state index contributed by atoms with van der Waals surface area (Å²) >= 11 is 1.61. The van der Waals surface area contributed by atoms with E-state index in [-0.39, 0.29) is 5.91 Å². The molecule has 2 aromatic carbocycles. The second-order valence-corrected chi connectivity index (χ2v) is 8.18. The molecule has 0 atom stereocenters. The van der Waals surface area contributed by atoms with Gasteiger partial charge >= 0.3 is 0 Å². The number of carbonyl (C=O) groups is 1. The van der Waals surface area contributed by atoms with Crippen molar-refractivity contribution < 1.29 is 4.79 Å². The van der Waals surface area contributed by atoms with E-state index in [0.29, 0.717) is 18.2 Å². The maximum atomic E-state index is 13.2. The lowest BCUT2D eigenvalue weighted by atomic mass is 10.0. The van der Waals surface area contributed by atoms with E-state index in [1.807, 2.05) is 48.5 Å². The van der Waals surface area contributed by atoms with Gasteiger partial charge in [0.15, 0.2) is 10.9 Å². The van der Waals surface area contributed by atoms with Crippen molar-refractivity contribution in [1.82, 2.24) is 19.9 Å². The van der Waals surface area contributed by atoms with Crippen LogP contribution in [0.15, 0.2) is 65.8 Å². The average Bonchev–Trinajstić information content (AvgIpc) is 3.25. The van der Waals surface area contributed by atoms with E-state index in [2.05, 4.69) is 30.1 Å². The minimum Gasteiger partial charge on any atom is -0.286 e. The molecule has 0 aliphatic carbocycles. The van der Waals surface area contributed by atoms with Gasteiger partial charge in [-0.3, -0.25) is 9.69 Å². The molecule has 0 spiro atoms. The molecule has 4 rings (SSSR count). The van der Waals surface area contributed by atoms with Gasteiger partial charge in [-0.2, -0.15) is 9.90 Å². The number of benzene rings is 2. The summed E-state index contributed by atoms with van der Waals surface area (Å²) in [4.78, 5) is 21.2. The molecule has 0 saturated carbocycles. The van der Waals surface area contributed by atoms with Gasteiger partial charge in [0.25, 0.3) is 5.91 Å². The van der Waals surface area contributed by atoms with Gasteiger partial charge in [-0.05, 0) is 36.1 Å². The first-order valence-corrected chi connectivity index (χ1v) is 10.7. The van der Waals surface area contributed by atoms with Crippen molar-refractivity contribution in [2.75, 3.05) is 12.3 Å². The quantitative estimate of drug-likeness (QED) is 0.633. The molecule has 1 aromatic heterocycles. The Morgan fingerprint density at radius 2 is 1.86 bits per heavy atom. The van der Waals surface area contributed by atoms with E-state index in [1.54, 1.807) is 16.7 Å².